The van der Waals surface area contributed by atoms with Gasteiger partial charge in [-0.2, -0.15) is 0 Å². The number of hydrogen-bond donors (Lipinski definition) is 1. The number of piperazine rings is 1. The van der Waals surface area contributed by atoms with E-state index in [-0.39, 0.29) is 5.69 Å². The van der Waals surface area contributed by atoms with Gasteiger partial charge in [0.25, 0.3) is 6.43 Å². The van der Waals surface area contributed by atoms with Gasteiger partial charge in [0.05, 0.1) is 5.52 Å². The third-order valence-electron chi connectivity index (χ3n) is 5.83. The summed E-state index contributed by atoms with van der Waals surface area (Å²) >= 11 is 6.13. The van der Waals surface area contributed by atoms with Crippen molar-refractivity contribution in [2.45, 2.75) is 18.9 Å². The molecule has 1 aliphatic heterocycles. The second kappa shape index (κ2) is 9.90. The van der Waals surface area contributed by atoms with E-state index >= 15 is 0 Å². The van der Waals surface area contributed by atoms with Crippen LogP contribution in [0.2, 0.25) is 5.02 Å². The number of aromatic nitrogens is 1. The van der Waals surface area contributed by atoms with E-state index < -0.39 is 6.43 Å². The van der Waals surface area contributed by atoms with E-state index in [4.69, 9.17) is 11.6 Å². The highest BCUT2D eigenvalue weighted by Gasteiger charge is 2.26. The zero-order chi connectivity index (χ0) is 21.8. The molecule has 164 valence electrons. The molecule has 1 unspecified atom stereocenters. The molecule has 1 saturated heterocycles. The number of nitrogens with zero attached hydrogens (tertiary/aromatic N) is 3. The quantitative estimate of drug-likeness (QED) is 0.479. The van der Waals surface area contributed by atoms with E-state index in [9.17, 15) is 8.78 Å². The lowest BCUT2D eigenvalue weighted by Crippen LogP contribution is -2.47. The molecule has 0 bridgehead atoms. The van der Waals surface area contributed by atoms with Gasteiger partial charge >= 0.3 is 0 Å². The van der Waals surface area contributed by atoms with Crippen LogP contribution in [0.4, 0.5) is 14.5 Å². The van der Waals surface area contributed by atoms with Crippen molar-refractivity contribution in [3.63, 3.8) is 0 Å². The second-order valence-electron chi connectivity index (χ2n) is 8.06. The average Bonchev–Trinajstić information content (AvgIpc) is 2.77. The van der Waals surface area contributed by atoms with Crippen LogP contribution >= 0.6 is 11.6 Å². The van der Waals surface area contributed by atoms with Crippen molar-refractivity contribution in [1.29, 1.82) is 0 Å². The molecule has 0 aliphatic carbocycles. The average molecular weight is 445 g/mol. The van der Waals surface area contributed by atoms with Crippen LogP contribution in [0.3, 0.4) is 0 Å². The van der Waals surface area contributed by atoms with Gasteiger partial charge in [0.1, 0.15) is 5.69 Å². The van der Waals surface area contributed by atoms with Crippen molar-refractivity contribution in [2.75, 3.05) is 45.1 Å². The molecule has 0 amide bonds. The maximum absolute atomic E-state index is 13.3. The summed E-state index contributed by atoms with van der Waals surface area (Å²) in [6.45, 7) is 4.68. The monoisotopic (exact) mass is 444 g/mol. The van der Waals surface area contributed by atoms with E-state index in [1.165, 1.54) is 11.6 Å². The van der Waals surface area contributed by atoms with Gasteiger partial charge in [0, 0.05) is 54.9 Å². The zero-order valence-electron chi connectivity index (χ0n) is 17.6. The maximum Gasteiger partial charge on any atom is 0.280 e. The number of likely N-dealkylation sites (N-methyl/N-ethyl adjacent to an activating group) is 1. The third kappa shape index (κ3) is 5.32. The molecule has 1 fully saturated rings. The summed E-state index contributed by atoms with van der Waals surface area (Å²) in [5, 5.41) is 4.67. The Kier molecular flexibility index (Phi) is 7.00. The van der Waals surface area contributed by atoms with Crippen LogP contribution in [0.5, 0.6) is 0 Å². The highest BCUT2D eigenvalue weighted by atomic mass is 35.5. The first-order chi connectivity index (χ1) is 15.0. The predicted octanol–water partition coefficient (Wildman–Crippen LogP) is 5.62. The minimum Gasteiger partial charge on any atom is -0.384 e. The number of nitrogens with one attached hydrogen (secondary N) is 1. The summed E-state index contributed by atoms with van der Waals surface area (Å²) < 4.78 is 26.6. The van der Waals surface area contributed by atoms with Crippen LogP contribution in [-0.2, 0) is 0 Å². The van der Waals surface area contributed by atoms with Gasteiger partial charge in [-0.15, -0.1) is 0 Å². The highest BCUT2D eigenvalue weighted by Crippen LogP contribution is 2.30. The van der Waals surface area contributed by atoms with Crippen molar-refractivity contribution in [3.8, 4) is 0 Å². The molecule has 1 aromatic heterocycles. The first-order valence-electron chi connectivity index (χ1n) is 10.6. The number of anilines is 1. The first kappa shape index (κ1) is 21.9. The number of rotatable bonds is 7. The molecule has 7 heteroatoms. The molecule has 2 heterocycles. The van der Waals surface area contributed by atoms with E-state index in [2.05, 4.69) is 51.4 Å². The Labute approximate surface area is 186 Å². The smallest absolute Gasteiger partial charge is 0.280 e. The highest BCUT2D eigenvalue weighted by molar-refractivity contribution is 6.31. The molecule has 4 rings (SSSR count). The van der Waals surface area contributed by atoms with Crippen LogP contribution in [0.15, 0.2) is 54.6 Å². The molecular weight excluding hydrogens is 418 g/mol. The Morgan fingerprint density at radius 3 is 2.71 bits per heavy atom. The number of pyridine rings is 1. The Hall–Kier alpha value is -2.28. The van der Waals surface area contributed by atoms with Gasteiger partial charge in [-0.25, -0.2) is 13.8 Å². The van der Waals surface area contributed by atoms with Crippen molar-refractivity contribution < 1.29 is 8.78 Å². The number of fused-ring (bicyclic) bond motifs is 1. The molecule has 2 aromatic carbocycles. The topological polar surface area (TPSA) is 31.4 Å². The minimum absolute atomic E-state index is 0.222. The normalized spacial score (nSPS) is 18.0. The van der Waals surface area contributed by atoms with Gasteiger partial charge < -0.3 is 10.2 Å². The van der Waals surface area contributed by atoms with Gasteiger partial charge in [-0.1, -0.05) is 41.9 Å². The van der Waals surface area contributed by atoms with Crippen LogP contribution in [0.25, 0.3) is 10.9 Å². The van der Waals surface area contributed by atoms with E-state index in [0.717, 1.165) is 38.0 Å². The number of hydrogen-bond acceptors (Lipinski definition) is 4. The molecule has 1 atom stereocenters. The predicted molar refractivity (Wildman–Crippen MR) is 123 cm³/mol. The lowest BCUT2D eigenvalue weighted by atomic mass is 10.0. The van der Waals surface area contributed by atoms with Gasteiger partial charge in [0.15, 0.2) is 0 Å². The number of alkyl halides is 2. The lowest BCUT2D eigenvalue weighted by Gasteiger charge is -2.40. The second-order valence-corrected chi connectivity index (χ2v) is 8.50. The lowest BCUT2D eigenvalue weighted by molar-refractivity contribution is 0.0897. The van der Waals surface area contributed by atoms with Crippen molar-refractivity contribution in [3.05, 3.63) is 70.9 Å². The SMILES string of the molecule is CN1CCN(CCCNc2cc(C(F)F)nc3ccc(Cl)cc23)C(c2ccccc2)C1. The van der Waals surface area contributed by atoms with Crippen LogP contribution in [0.1, 0.15) is 30.1 Å². The Morgan fingerprint density at radius 2 is 1.94 bits per heavy atom. The van der Waals surface area contributed by atoms with Crippen LogP contribution < -0.4 is 5.32 Å². The molecule has 1 N–H and O–H groups in total. The number of halogens is 3. The molecule has 1 aliphatic rings. The molecule has 0 radical (unpaired) electrons. The van der Waals surface area contributed by atoms with Gasteiger partial charge in [-0.05, 0) is 43.3 Å². The molecule has 0 spiro atoms. The van der Waals surface area contributed by atoms with Gasteiger partial charge in [0.2, 0.25) is 0 Å². The van der Waals surface area contributed by atoms with E-state index in [1.54, 1.807) is 18.2 Å². The fraction of sp³-hybridized carbons (Fsp3) is 0.375. The fourth-order valence-corrected chi connectivity index (χ4v) is 4.37. The summed E-state index contributed by atoms with van der Waals surface area (Å²) in [7, 11) is 2.16. The maximum atomic E-state index is 13.3. The number of benzene rings is 2. The summed E-state index contributed by atoms with van der Waals surface area (Å²) in [6, 6.07) is 17.5. The first-order valence-corrected chi connectivity index (χ1v) is 11.0. The molecule has 3 aromatic rings. The van der Waals surface area contributed by atoms with Crippen LogP contribution in [-0.4, -0.2) is 54.6 Å². The fourth-order valence-electron chi connectivity index (χ4n) is 4.20. The van der Waals surface area contributed by atoms with Crippen molar-refractivity contribution >= 4 is 28.2 Å². The summed E-state index contributed by atoms with van der Waals surface area (Å²) in [4.78, 5) is 8.95. The van der Waals surface area contributed by atoms with Crippen molar-refractivity contribution in [1.82, 2.24) is 14.8 Å². The minimum atomic E-state index is -2.61. The standard InChI is InChI=1S/C24H27ClF2N4/c1-30-12-13-31(23(16-30)17-6-3-2-4-7-17)11-5-10-28-21-15-22(24(26)27)29-20-9-8-18(25)14-19(20)21/h2-4,6-9,14-15,23-24H,5,10-13,16H2,1H3,(H,28,29). The van der Waals surface area contributed by atoms with Gasteiger partial charge in [-0.3, -0.25) is 4.90 Å². The molecule has 0 saturated carbocycles. The van der Waals surface area contributed by atoms with Crippen LogP contribution in [0, 0.1) is 0 Å². The Balaban J connectivity index is 1.43. The summed E-state index contributed by atoms with van der Waals surface area (Å²) in [5.74, 6) is 0. The van der Waals surface area contributed by atoms with Crippen molar-refractivity contribution in [2.24, 2.45) is 0 Å². The molecule has 31 heavy (non-hydrogen) atoms. The van der Waals surface area contributed by atoms with E-state index in [1.807, 2.05) is 6.07 Å². The van der Waals surface area contributed by atoms with E-state index in [0.29, 0.717) is 28.8 Å². The Bertz CT molecular complexity index is 1020. The third-order valence-corrected chi connectivity index (χ3v) is 6.07. The summed E-state index contributed by atoms with van der Waals surface area (Å²) in [5.41, 5.74) is 2.28. The largest absolute Gasteiger partial charge is 0.384 e. The zero-order valence-corrected chi connectivity index (χ0v) is 18.3. The Morgan fingerprint density at radius 1 is 1.13 bits per heavy atom. The summed E-state index contributed by atoms with van der Waals surface area (Å²) in [6.07, 6.45) is -1.71. The molecular formula is C24H27ClF2N4. The molecule has 4 nitrogen and oxygen atoms in total.